The molecule has 0 aliphatic carbocycles. The number of halogens is 2. The molecule has 1 fully saturated rings. The lowest BCUT2D eigenvalue weighted by Gasteiger charge is -2.36. The molecule has 0 unspecified atom stereocenters. The van der Waals surface area contributed by atoms with Gasteiger partial charge < -0.3 is 20.0 Å². The van der Waals surface area contributed by atoms with Crippen LogP contribution in [0, 0.1) is 0 Å². The molecule has 0 atom stereocenters. The molecule has 37 heavy (non-hydrogen) atoms. The number of nitrogens with two attached hydrogens (primary N) is 1. The summed E-state index contributed by atoms with van der Waals surface area (Å²) < 4.78 is 6.90. The maximum atomic E-state index is 13.0. The molecule has 9 nitrogen and oxygen atoms in total. The zero-order chi connectivity index (χ0) is 25.5. The van der Waals surface area contributed by atoms with E-state index in [4.69, 9.17) is 33.4 Å². The molecule has 11 heteroatoms. The number of carbonyl (C=O) groups is 1. The Kier molecular flexibility index (Phi) is 5.94. The van der Waals surface area contributed by atoms with Crippen molar-refractivity contribution in [1.82, 2.24) is 24.5 Å². The summed E-state index contributed by atoms with van der Waals surface area (Å²) in [5.41, 5.74) is 9.74. The molecule has 1 aliphatic heterocycles. The summed E-state index contributed by atoms with van der Waals surface area (Å²) in [7, 11) is 0. The molecule has 186 valence electrons. The van der Waals surface area contributed by atoms with Gasteiger partial charge in [-0.1, -0.05) is 41.4 Å². The highest BCUT2D eigenvalue weighted by Gasteiger charge is 2.25. The van der Waals surface area contributed by atoms with Crippen LogP contribution in [0.1, 0.15) is 10.4 Å². The molecule has 1 amide bonds. The molecule has 5 aromatic rings. The maximum absolute atomic E-state index is 13.0. The van der Waals surface area contributed by atoms with E-state index in [1.165, 1.54) is 4.52 Å². The van der Waals surface area contributed by atoms with Crippen LogP contribution in [-0.4, -0.2) is 56.6 Å². The number of furan rings is 1. The summed E-state index contributed by atoms with van der Waals surface area (Å²) in [5, 5.41) is 5.12. The third-order valence-corrected chi connectivity index (χ3v) is 6.97. The lowest BCUT2D eigenvalue weighted by atomic mass is 10.1. The summed E-state index contributed by atoms with van der Waals surface area (Å²) in [6.45, 7) is 2.44. The van der Waals surface area contributed by atoms with Crippen LogP contribution in [-0.2, 0) is 0 Å². The first-order valence-electron chi connectivity index (χ1n) is 11.6. The summed E-state index contributed by atoms with van der Waals surface area (Å²) >= 11 is 12.5. The normalized spacial score (nSPS) is 13.9. The van der Waals surface area contributed by atoms with Gasteiger partial charge in [0.15, 0.2) is 11.4 Å². The molecule has 6 rings (SSSR count). The number of aromatic nitrogens is 4. The van der Waals surface area contributed by atoms with Crippen LogP contribution in [0.4, 0.5) is 11.6 Å². The minimum absolute atomic E-state index is 0.154. The van der Waals surface area contributed by atoms with Crippen molar-refractivity contribution in [3.05, 3.63) is 82.5 Å². The van der Waals surface area contributed by atoms with E-state index in [1.807, 2.05) is 24.3 Å². The topological polar surface area (TPSA) is 106 Å². The SMILES string of the molecule is Nc1nc(-c2cccc(N3CCN(C(=O)c4c(Cl)cccc4Cl)CC3)c2)cc2nc(-c3ccco3)nn12. The minimum atomic E-state index is -0.154. The number of nitrogen functional groups attached to an aromatic ring is 1. The molecule has 4 heterocycles. The summed E-state index contributed by atoms with van der Waals surface area (Å²) in [4.78, 5) is 26.2. The van der Waals surface area contributed by atoms with Crippen LogP contribution in [0.15, 0.2) is 71.3 Å². The van der Waals surface area contributed by atoms with Crippen molar-refractivity contribution < 1.29 is 9.21 Å². The van der Waals surface area contributed by atoms with E-state index in [1.54, 1.807) is 41.5 Å². The van der Waals surface area contributed by atoms with Crippen molar-refractivity contribution >= 4 is 46.4 Å². The Morgan fingerprint density at radius 3 is 2.41 bits per heavy atom. The van der Waals surface area contributed by atoms with Gasteiger partial charge in [-0.25, -0.2) is 9.97 Å². The smallest absolute Gasteiger partial charge is 0.257 e. The van der Waals surface area contributed by atoms with Gasteiger partial charge in [0.2, 0.25) is 11.8 Å². The lowest BCUT2D eigenvalue weighted by molar-refractivity contribution is 0.0747. The molecule has 0 spiro atoms. The van der Waals surface area contributed by atoms with Crippen molar-refractivity contribution in [2.75, 3.05) is 36.8 Å². The molecule has 1 saturated heterocycles. The number of rotatable bonds is 4. The maximum Gasteiger partial charge on any atom is 0.257 e. The second kappa shape index (κ2) is 9.42. The van der Waals surface area contributed by atoms with E-state index in [2.05, 4.69) is 26.0 Å². The number of carbonyl (C=O) groups excluding carboxylic acids is 1. The molecule has 0 saturated carbocycles. The fraction of sp³-hybridized carbons (Fsp3) is 0.154. The Balaban J connectivity index is 1.21. The minimum Gasteiger partial charge on any atom is -0.461 e. The number of benzene rings is 2. The predicted molar refractivity (Wildman–Crippen MR) is 143 cm³/mol. The number of nitrogens with zero attached hydrogens (tertiary/aromatic N) is 6. The Morgan fingerprint density at radius 1 is 0.919 bits per heavy atom. The highest BCUT2D eigenvalue weighted by atomic mass is 35.5. The van der Waals surface area contributed by atoms with Gasteiger partial charge in [-0.05, 0) is 36.4 Å². The van der Waals surface area contributed by atoms with Gasteiger partial charge in [0.05, 0.1) is 27.6 Å². The van der Waals surface area contributed by atoms with Crippen LogP contribution < -0.4 is 10.6 Å². The number of anilines is 2. The second-order valence-corrected chi connectivity index (χ2v) is 9.42. The van der Waals surface area contributed by atoms with Gasteiger partial charge in [-0.2, -0.15) is 4.52 Å². The van der Waals surface area contributed by atoms with Crippen molar-refractivity contribution in [1.29, 1.82) is 0 Å². The Bertz CT molecular complexity index is 1590. The van der Waals surface area contributed by atoms with Crippen LogP contribution in [0.5, 0.6) is 0 Å². The molecule has 3 aromatic heterocycles. The van der Waals surface area contributed by atoms with Crippen LogP contribution in [0.3, 0.4) is 0 Å². The molecular formula is C26H21Cl2N7O2. The molecule has 0 bridgehead atoms. The Labute approximate surface area is 222 Å². The molecular weight excluding hydrogens is 513 g/mol. The lowest BCUT2D eigenvalue weighted by Crippen LogP contribution is -2.48. The van der Waals surface area contributed by atoms with E-state index in [9.17, 15) is 4.79 Å². The van der Waals surface area contributed by atoms with E-state index in [-0.39, 0.29) is 11.9 Å². The average Bonchev–Trinajstić information content (AvgIpc) is 3.59. The van der Waals surface area contributed by atoms with E-state index in [0.29, 0.717) is 64.7 Å². The highest BCUT2D eigenvalue weighted by molar-refractivity contribution is 6.39. The summed E-state index contributed by atoms with van der Waals surface area (Å²) in [6, 6.07) is 18.6. The standard InChI is InChI=1S/C26H21Cl2N7O2/c27-18-6-2-7-19(28)23(18)25(36)34-11-9-33(10-12-34)17-5-1-4-16(14-17)20-15-22-31-24(21-8-3-13-37-21)32-35(22)26(29)30-20/h1-8,13-15H,9-12H2,(H2,29,30). The number of fused-ring (bicyclic) bond motifs is 1. The quantitative estimate of drug-likeness (QED) is 0.350. The monoisotopic (exact) mass is 533 g/mol. The fourth-order valence-corrected chi connectivity index (χ4v) is 5.02. The van der Waals surface area contributed by atoms with Gasteiger partial charge in [0.25, 0.3) is 5.91 Å². The van der Waals surface area contributed by atoms with E-state index >= 15 is 0 Å². The highest BCUT2D eigenvalue weighted by Crippen LogP contribution is 2.29. The molecule has 1 aliphatic rings. The van der Waals surface area contributed by atoms with Crippen molar-refractivity contribution in [2.24, 2.45) is 0 Å². The number of hydrogen-bond acceptors (Lipinski definition) is 7. The first kappa shape index (κ1) is 23.3. The number of amides is 1. The Morgan fingerprint density at radius 2 is 1.68 bits per heavy atom. The van der Waals surface area contributed by atoms with Gasteiger partial charge >= 0.3 is 0 Å². The second-order valence-electron chi connectivity index (χ2n) is 8.61. The Hall–Kier alpha value is -4.08. The van der Waals surface area contributed by atoms with E-state index in [0.717, 1.165) is 11.3 Å². The molecule has 2 aromatic carbocycles. The van der Waals surface area contributed by atoms with Crippen molar-refractivity contribution in [2.45, 2.75) is 0 Å². The van der Waals surface area contributed by atoms with Gasteiger partial charge in [0, 0.05) is 43.5 Å². The average molecular weight is 534 g/mol. The fourth-order valence-electron chi connectivity index (χ4n) is 4.46. The zero-order valence-electron chi connectivity index (χ0n) is 19.5. The van der Waals surface area contributed by atoms with Crippen LogP contribution in [0.25, 0.3) is 28.5 Å². The van der Waals surface area contributed by atoms with Gasteiger partial charge in [-0.15, -0.1) is 5.10 Å². The van der Waals surface area contributed by atoms with Crippen LogP contribution in [0.2, 0.25) is 10.0 Å². The molecule has 0 radical (unpaired) electrons. The summed E-state index contributed by atoms with van der Waals surface area (Å²) in [5.74, 6) is 1.07. The number of hydrogen-bond donors (Lipinski definition) is 1. The van der Waals surface area contributed by atoms with Crippen molar-refractivity contribution in [3.63, 3.8) is 0 Å². The van der Waals surface area contributed by atoms with Gasteiger partial charge in [0.1, 0.15) is 0 Å². The van der Waals surface area contributed by atoms with Crippen LogP contribution >= 0.6 is 23.2 Å². The van der Waals surface area contributed by atoms with E-state index < -0.39 is 0 Å². The first-order chi connectivity index (χ1) is 18.0. The first-order valence-corrected chi connectivity index (χ1v) is 12.4. The third-order valence-electron chi connectivity index (χ3n) is 6.34. The zero-order valence-corrected chi connectivity index (χ0v) is 21.0. The molecule has 2 N–H and O–H groups in total. The third kappa shape index (κ3) is 4.36. The summed E-state index contributed by atoms with van der Waals surface area (Å²) in [6.07, 6.45) is 1.57. The number of piperazine rings is 1. The van der Waals surface area contributed by atoms with Crippen molar-refractivity contribution in [3.8, 4) is 22.8 Å². The largest absolute Gasteiger partial charge is 0.461 e. The van der Waals surface area contributed by atoms with Gasteiger partial charge in [-0.3, -0.25) is 4.79 Å². The predicted octanol–water partition coefficient (Wildman–Crippen LogP) is 4.90.